The fourth-order valence-corrected chi connectivity index (χ4v) is 2.99. The largest absolute Gasteiger partial charge is 0.440 e. The molecule has 0 aliphatic heterocycles. The predicted molar refractivity (Wildman–Crippen MR) is 94.5 cm³/mol. The first-order valence-electron chi connectivity index (χ1n) is 7.93. The van der Waals surface area contributed by atoms with Crippen LogP contribution < -0.4 is 10.9 Å². The number of aromatic nitrogens is 3. The first kappa shape index (κ1) is 16.1. The van der Waals surface area contributed by atoms with Crippen LogP contribution in [0, 0.1) is 12.7 Å². The van der Waals surface area contributed by atoms with Crippen molar-refractivity contribution in [2.45, 2.75) is 13.5 Å². The van der Waals surface area contributed by atoms with Crippen LogP contribution in [0.4, 0.5) is 10.3 Å². The van der Waals surface area contributed by atoms with E-state index < -0.39 is 5.82 Å². The van der Waals surface area contributed by atoms with Crippen LogP contribution in [-0.2, 0) is 18.4 Å². The third kappa shape index (κ3) is 2.65. The number of nitrogens with zero attached hydrogens (tertiary/aromatic N) is 3. The fourth-order valence-electron chi connectivity index (χ4n) is 2.99. The second kappa shape index (κ2) is 5.83. The highest BCUT2D eigenvalue weighted by Crippen LogP contribution is 2.24. The van der Waals surface area contributed by atoms with E-state index in [0.29, 0.717) is 22.1 Å². The third-order valence-corrected chi connectivity index (χ3v) is 4.24. The van der Waals surface area contributed by atoms with Gasteiger partial charge in [-0.05, 0) is 24.6 Å². The number of halogens is 1. The lowest BCUT2D eigenvalue weighted by atomic mass is 10.2. The van der Waals surface area contributed by atoms with E-state index in [-0.39, 0.29) is 23.9 Å². The van der Waals surface area contributed by atoms with Crippen molar-refractivity contribution in [2.24, 2.45) is 7.05 Å². The Bertz CT molecular complexity index is 1220. The Labute approximate surface area is 146 Å². The van der Waals surface area contributed by atoms with Crippen LogP contribution >= 0.6 is 0 Å². The van der Waals surface area contributed by atoms with Crippen LogP contribution in [0.3, 0.4) is 0 Å². The van der Waals surface area contributed by atoms with E-state index in [0.717, 1.165) is 5.56 Å². The van der Waals surface area contributed by atoms with Crippen LogP contribution in [0.15, 0.2) is 45.9 Å². The molecule has 0 aliphatic carbocycles. The van der Waals surface area contributed by atoms with Crippen molar-refractivity contribution >= 4 is 33.9 Å². The summed E-state index contributed by atoms with van der Waals surface area (Å²) in [5.41, 5.74) is 2.18. The van der Waals surface area contributed by atoms with Crippen molar-refractivity contribution in [1.82, 2.24) is 14.1 Å². The molecule has 0 atom stereocenters. The normalized spacial score (nSPS) is 11.3. The summed E-state index contributed by atoms with van der Waals surface area (Å²) in [4.78, 5) is 28.4. The van der Waals surface area contributed by atoms with Gasteiger partial charge in [0.1, 0.15) is 17.9 Å². The number of carbonyl (C=O) groups excluding carboxylic acids is 1. The molecule has 3 heterocycles. The Morgan fingerprint density at radius 2 is 2.12 bits per heavy atom. The van der Waals surface area contributed by atoms with Gasteiger partial charge in [0.2, 0.25) is 11.8 Å². The monoisotopic (exact) mass is 354 g/mol. The minimum Gasteiger partial charge on any atom is -0.440 e. The lowest BCUT2D eigenvalue weighted by molar-refractivity contribution is -0.116. The molecule has 26 heavy (non-hydrogen) atoms. The Hall–Kier alpha value is -3.42. The molecule has 0 saturated heterocycles. The van der Waals surface area contributed by atoms with Gasteiger partial charge in [0.25, 0.3) is 5.56 Å². The van der Waals surface area contributed by atoms with Crippen molar-refractivity contribution in [3.63, 3.8) is 0 Å². The average Bonchev–Trinajstić information content (AvgIpc) is 3.16. The zero-order valence-corrected chi connectivity index (χ0v) is 14.1. The van der Waals surface area contributed by atoms with E-state index in [9.17, 15) is 14.0 Å². The standard InChI is InChI=1S/C18H15FN4O3/c1-10-5-16(25)22(2)18-17(10)23(9-20-18)8-14(24)21-15-6-11-3-4-12(19)7-13(11)26-15/h3-7,9H,8H2,1-2H3,(H,21,24). The SMILES string of the molecule is Cc1cc(=O)n(C)c2ncn(CC(=O)Nc3cc4ccc(F)cc4o3)c12. The molecule has 0 aliphatic rings. The Balaban J connectivity index is 1.61. The quantitative estimate of drug-likeness (QED) is 0.613. The number of furan rings is 1. The molecule has 0 saturated carbocycles. The molecule has 1 amide bonds. The summed E-state index contributed by atoms with van der Waals surface area (Å²) in [6, 6.07) is 7.31. The predicted octanol–water partition coefficient (Wildman–Crippen LogP) is 2.57. The number of aryl methyl sites for hydroxylation is 2. The lowest BCUT2D eigenvalue weighted by Gasteiger charge is -2.07. The van der Waals surface area contributed by atoms with Gasteiger partial charge in [0, 0.05) is 30.6 Å². The van der Waals surface area contributed by atoms with E-state index in [4.69, 9.17) is 4.42 Å². The van der Waals surface area contributed by atoms with Gasteiger partial charge in [0.15, 0.2) is 5.65 Å². The molecule has 1 N–H and O–H groups in total. The molecule has 8 heteroatoms. The Morgan fingerprint density at radius 3 is 2.92 bits per heavy atom. The zero-order chi connectivity index (χ0) is 18.4. The van der Waals surface area contributed by atoms with E-state index in [1.165, 1.54) is 29.1 Å². The van der Waals surface area contributed by atoms with Gasteiger partial charge >= 0.3 is 0 Å². The number of nitrogens with one attached hydrogen (secondary N) is 1. The molecule has 1 aromatic carbocycles. The van der Waals surface area contributed by atoms with E-state index in [1.807, 2.05) is 0 Å². The lowest BCUT2D eigenvalue weighted by Crippen LogP contribution is -2.20. The summed E-state index contributed by atoms with van der Waals surface area (Å²) in [6.07, 6.45) is 1.52. The van der Waals surface area contributed by atoms with Crippen molar-refractivity contribution in [3.05, 3.63) is 58.4 Å². The molecule has 0 bridgehead atoms. The number of imidazole rings is 1. The molecule has 3 aromatic heterocycles. The molecule has 132 valence electrons. The Morgan fingerprint density at radius 1 is 1.31 bits per heavy atom. The number of rotatable bonds is 3. The summed E-state index contributed by atoms with van der Waals surface area (Å²) >= 11 is 0. The minimum atomic E-state index is -0.407. The number of hydrogen-bond acceptors (Lipinski definition) is 4. The molecule has 0 radical (unpaired) electrons. The van der Waals surface area contributed by atoms with Crippen molar-refractivity contribution in [3.8, 4) is 0 Å². The first-order valence-corrected chi connectivity index (χ1v) is 7.93. The molecular formula is C18H15FN4O3. The number of pyridine rings is 1. The summed E-state index contributed by atoms with van der Waals surface area (Å²) in [7, 11) is 1.63. The second-order valence-corrected chi connectivity index (χ2v) is 6.11. The van der Waals surface area contributed by atoms with E-state index in [1.54, 1.807) is 30.7 Å². The maximum atomic E-state index is 13.2. The molecule has 0 unspecified atom stereocenters. The molecule has 0 fully saturated rings. The van der Waals surface area contributed by atoms with Gasteiger partial charge in [-0.3, -0.25) is 19.5 Å². The topological polar surface area (TPSA) is 82.1 Å². The number of anilines is 1. The number of benzene rings is 1. The van der Waals surface area contributed by atoms with Crippen LogP contribution in [0.1, 0.15) is 5.56 Å². The third-order valence-electron chi connectivity index (χ3n) is 4.24. The van der Waals surface area contributed by atoms with E-state index in [2.05, 4.69) is 10.3 Å². The fraction of sp³-hybridized carbons (Fsp3) is 0.167. The van der Waals surface area contributed by atoms with Crippen molar-refractivity contribution in [1.29, 1.82) is 0 Å². The maximum absolute atomic E-state index is 13.2. The first-order chi connectivity index (χ1) is 12.4. The average molecular weight is 354 g/mol. The molecule has 0 spiro atoms. The highest BCUT2D eigenvalue weighted by Gasteiger charge is 2.14. The molecule has 7 nitrogen and oxygen atoms in total. The highest BCUT2D eigenvalue weighted by atomic mass is 19.1. The van der Waals surface area contributed by atoms with Crippen LogP contribution in [0.2, 0.25) is 0 Å². The van der Waals surface area contributed by atoms with Crippen LogP contribution in [0.25, 0.3) is 22.1 Å². The molecule has 4 aromatic rings. The summed E-state index contributed by atoms with van der Waals surface area (Å²) < 4.78 is 21.8. The van der Waals surface area contributed by atoms with Crippen LogP contribution in [-0.4, -0.2) is 20.0 Å². The van der Waals surface area contributed by atoms with Crippen molar-refractivity contribution in [2.75, 3.05) is 5.32 Å². The van der Waals surface area contributed by atoms with Crippen LogP contribution in [0.5, 0.6) is 0 Å². The number of amides is 1. The van der Waals surface area contributed by atoms with Gasteiger partial charge in [-0.25, -0.2) is 9.37 Å². The van der Waals surface area contributed by atoms with Gasteiger partial charge < -0.3 is 8.98 Å². The number of fused-ring (bicyclic) bond motifs is 2. The number of hydrogen-bond donors (Lipinski definition) is 1. The second-order valence-electron chi connectivity index (χ2n) is 6.11. The highest BCUT2D eigenvalue weighted by molar-refractivity contribution is 5.93. The van der Waals surface area contributed by atoms with Crippen molar-refractivity contribution < 1.29 is 13.6 Å². The van der Waals surface area contributed by atoms with Gasteiger partial charge in [-0.2, -0.15) is 0 Å². The maximum Gasteiger partial charge on any atom is 0.252 e. The summed E-state index contributed by atoms with van der Waals surface area (Å²) in [5, 5.41) is 3.35. The molecular weight excluding hydrogens is 339 g/mol. The van der Waals surface area contributed by atoms with E-state index >= 15 is 0 Å². The van der Waals surface area contributed by atoms with Gasteiger partial charge in [-0.1, -0.05) is 0 Å². The smallest absolute Gasteiger partial charge is 0.252 e. The Kier molecular flexibility index (Phi) is 3.61. The molecule has 4 rings (SSSR count). The van der Waals surface area contributed by atoms with Gasteiger partial charge in [-0.15, -0.1) is 0 Å². The zero-order valence-electron chi connectivity index (χ0n) is 14.1. The number of carbonyl (C=O) groups is 1. The summed E-state index contributed by atoms with van der Waals surface area (Å²) in [5.74, 6) is -0.489. The van der Waals surface area contributed by atoms with Gasteiger partial charge in [0.05, 0.1) is 11.8 Å². The minimum absolute atomic E-state index is 0.000943. The summed E-state index contributed by atoms with van der Waals surface area (Å²) in [6.45, 7) is 1.80.